The monoisotopic (exact) mass is 297 g/mol. The van der Waals surface area contributed by atoms with E-state index in [2.05, 4.69) is 15.3 Å². The lowest BCUT2D eigenvalue weighted by Crippen LogP contribution is -2.13. The molecule has 0 saturated carbocycles. The highest BCUT2D eigenvalue weighted by molar-refractivity contribution is 6.35. The minimum Gasteiger partial charge on any atom is -0.506 e. The van der Waals surface area contributed by atoms with E-state index in [-0.39, 0.29) is 21.6 Å². The van der Waals surface area contributed by atoms with Gasteiger partial charge in [0.15, 0.2) is 5.15 Å². The fourth-order valence-corrected chi connectivity index (χ4v) is 2.06. The number of hydrogen-bond acceptors (Lipinski definition) is 4. The van der Waals surface area contributed by atoms with Crippen molar-refractivity contribution in [3.63, 3.8) is 0 Å². The summed E-state index contributed by atoms with van der Waals surface area (Å²) in [4.78, 5) is 19.5. The standard InChI is InChI=1S/C12H9Cl2N3O2/c1-6-2-9(13)16-11(14)10(6)17-12(19)7-3-8(18)5-15-4-7/h2-5,18H,1H3,(H,17,19). The number of carbonyl (C=O) groups excluding carboxylic acids is 1. The van der Waals surface area contributed by atoms with Crippen LogP contribution in [0, 0.1) is 6.92 Å². The van der Waals surface area contributed by atoms with Crippen molar-refractivity contribution in [1.29, 1.82) is 0 Å². The normalized spacial score (nSPS) is 10.3. The first-order valence-electron chi connectivity index (χ1n) is 5.25. The molecule has 0 radical (unpaired) electrons. The molecule has 2 aromatic rings. The number of carbonyl (C=O) groups is 1. The molecular weight excluding hydrogens is 289 g/mol. The molecule has 2 aromatic heterocycles. The van der Waals surface area contributed by atoms with E-state index in [1.807, 2.05) is 0 Å². The molecular formula is C12H9Cl2N3O2. The van der Waals surface area contributed by atoms with Crippen LogP contribution in [0.15, 0.2) is 24.5 Å². The predicted octanol–water partition coefficient (Wildman–Crippen LogP) is 3.05. The van der Waals surface area contributed by atoms with Crippen LogP contribution in [0.3, 0.4) is 0 Å². The van der Waals surface area contributed by atoms with Crippen LogP contribution < -0.4 is 5.32 Å². The van der Waals surface area contributed by atoms with Gasteiger partial charge >= 0.3 is 0 Å². The largest absolute Gasteiger partial charge is 0.506 e. The second kappa shape index (κ2) is 5.42. The number of aromatic hydroxyl groups is 1. The number of nitrogens with one attached hydrogen (secondary N) is 1. The third-order valence-corrected chi connectivity index (χ3v) is 2.83. The van der Waals surface area contributed by atoms with Gasteiger partial charge in [0.1, 0.15) is 10.9 Å². The Labute approximate surface area is 119 Å². The van der Waals surface area contributed by atoms with Gasteiger partial charge in [-0.25, -0.2) is 4.98 Å². The van der Waals surface area contributed by atoms with Gasteiger partial charge in [-0.2, -0.15) is 0 Å². The predicted molar refractivity (Wildman–Crippen MR) is 72.8 cm³/mol. The van der Waals surface area contributed by atoms with Gasteiger partial charge < -0.3 is 10.4 Å². The van der Waals surface area contributed by atoms with E-state index < -0.39 is 5.91 Å². The van der Waals surface area contributed by atoms with Crippen LogP contribution in [-0.4, -0.2) is 21.0 Å². The van der Waals surface area contributed by atoms with Crippen molar-refractivity contribution in [1.82, 2.24) is 9.97 Å². The van der Waals surface area contributed by atoms with E-state index in [9.17, 15) is 9.90 Å². The molecule has 0 aliphatic heterocycles. The molecule has 0 aliphatic rings. The average Bonchev–Trinajstić information content (AvgIpc) is 2.33. The lowest BCUT2D eigenvalue weighted by molar-refractivity contribution is 0.102. The molecule has 19 heavy (non-hydrogen) atoms. The zero-order chi connectivity index (χ0) is 14.0. The number of anilines is 1. The molecule has 1 amide bonds. The summed E-state index contributed by atoms with van der Waals surface area (Å²) in [5, 5.41) is 12.2. The number of nitrogens with zero attached hydrogens (tertiary/aromatic N) is 2. The molecule has 7 heteroatoms. The molecule has 0 unspecified atom stereocenters. The SMILES string of the molecule is Cc1cc(Cl)nc(Cl)c1NC(=O)c1cncc(O)c1. The lowest BCUT2D eigenvalue weighted by atomic mass is 10.2. The van der Waals surface area contributed by atoms with Crippen molar-refractivity contribution in [3.8, 4) is 5.75 Å². The number of hydrogen-bond donors (Lipinski definition) is 2. The highest BCUT2D eigenvalue weighted by Crippen LogP contribution is 2.27. The Morgan fingerprint density at radius 3 is 2.68 bits per heavy atom. The maximum atomic E-state index is 12.0. The zero-order valence-electron chi connectivity index (χ0n) is 9.82. The van der Waals surface area contributed by atoms with E-state index in [0.29, 0.717) is 11.3 Å². The van der Waals surface area contributed by atoms with Crippen molar-refractivity contribution in [2.75, 3.05) is 5.32 Å². The molecule has 0 saturated heterocycles. The summed E-state index contributed by atoms with van der Waals surface area (Å²) in [6, 6.07) is 2.89. The summed E-state index contributed by atoms with van der Waals surface area (Å²) in [6.45, 7) is 1.75. The summed E-state index contributed by atoms with van der Waals surface area (Å²) in [5.74, 6) is -0.540. The smallest absolute Gasteiger partial charge is 0.257 e. The fraction of sp³-hybridized carbons (Fsp3) is 0.0833. The second-order valence-electron chi connectivity index (χ2n) is 3.81. The van der Waals surface area contributed by atoms with Gasteiger partial charge in [0, 0.05) is 6.20 Å². The van der Waals surface area contributed by atoms with E-state index in [0.717, 1.165) is 0 Å². The number of rotatable bonds is 2. The van der Waals surface area contributed by atoms with Crippen LogP contribution in [0.4, 0.5) is 5.69 Å². The van der Waals surface area contributed by atoms with Crippen LogP contribution in [0.2, 0.25) is 10.3 Å². The fourth-order valence-electron chi connectivity index (χ4n) is 1.48. The molecule has 0 atom stereocenters. The first-order valence-corrected chi connectivity index (χ1v) is 6.01. The number of aryl methyl sites for hydroxylation is 1. The zero-order valence-corrected chi connectivity index (χ0v) is 11.3. The highest BCUT2D eigenvalue weighted by Gasteiger charge is 2.13. The molecule has 0 fully saturated rings. The Kier molecular flexibility index (Phi) is 3.87. The highest BCUT2D eigenvalue weighted by atomic mass is 35.5. The number of pyridine rings is 2. The van der Waals surface area contributed by atoms with Crippen molar-refractivity contribution < 1.29 is 9.90 Å². The molecule has 0 aliphatic carbocycles. The van der Waals surface area contributed by atoms with Crippen LogP contribution in [0.25, 0.3) is 0 Å². The quantitative estimate of drug-likeness (QED) is 0.836. The third-order valence-electron chi connectivity index (χ3n) is 2.37. The van der Waals surface area contributed by atoms with Gasteiger partial charge in [-0.3, -0.25) is 9.78 Å². The van der Waals surface area contributed by atoms with Gasteiger partial charge in [-0.15, -0.1) is 0 Å². The van der Waals surface area contributed by atoms with E-state index in [1.165, 1.54) is 18.5 Å². The molecule has 2 N–H and O–H groups in total. The Morgan fingerprint density at radius 2 is 2.05 bits per heavy atom. The molecule has 0 bridgehead atoms. The molecule has 0 spiro atoms. The van der Waals surface area contributed by atoms with E-state index in [1.54, 1.807) is 13.0 Å². The Morgan fingerprint density at radius 1 is 1.32 bits per heavy atom. The van der Waals surface area contributed by atoms with Crippen molar-refractivity contribution in [2.24, 2.45) is 0 Å². The number of aromatic nitrogens is 2. The molecule has 2 rings (SSSR count). The molecule has 0 aromatic carbocycles. The first kappa shape index (κ1) is 13.6. The van der Waals surface area contributed by atoms with Crippen LogP contribution in [0.1, 0.15) is 15.9 Å². The molecule has 2 heterocycles. The second-order valence-corrected chi connectivity index (χ2v) is 4.56. The lowest BCUT2D eigenvalue weighted by Gasteiger charge is -2.10. The third kappa shape index (κ3) is 3.13. The van der Waals surface area contributed by atoms with Crippen LogP contribution in [0.5, 0.6) is 5.75 Å². The van der Waals surface area contributed by atoms with Gasteiger partial charge in [-0.05, 0) is 24.6 Å². The summed E-state index contributed by atoms with van der Waals surface area (Å²) < 4.78 is 0. The Hall–Kier alpha value is -1.85. The van der Waals surface area contributed by atoms with Crippen molar-refractivity contribution in [3.05, 3.63) is 46.0 Å². The summed E-state index contributed by atoms with van der Waals surface area (Å²) in [7, 11) is 0. The maximum absolute atomic E-state index is 12.0. The minimum atomic E-state index is -0.447. The van der Waals surface area contributed by atoms with Crippen LogP contribution >= 0.6 is 23.2 Å². The number of halogens is 2. The summed E-state index contributed by atoms with van der Waals surface area (Å²) >= 11 is 11.7. The maximum Gasteiger partial charge on any atom is 0.257 e. The van der Waals surface area contributed by atoms with Crippen molar-refractivity contribution in [2.45, 2.75) is 6.92 Å². The van der Waals surface area contributed by atoms with Gasteiger partial charge in [-0.1, -0.05) is 23.2 Å². The molecule has 5 nitrogen and oxygen atoms in total. The number of amides is 1. The first-order chi connectivity index (χ1) is 8.97. The summed E-state index contributed by atoms with van der Waals surface area (Å²) in [5.41, 5.74) is 1.27. The van der Waals surface area contributed by atoms with E-state index in [4.69, 9.17) is 23.2 Å². The van der Waals surface area contributed by atoms with Crippen molar-refractivity contribution >= 4 is 34.8 Å². The Bertz CT molecular complexity index is 624. The van der Waals surface area contributed by atoms with Gasteiger partial charge in [0.05, 0.1) is 17.4 Å². The van der Waals surface area contributed by atoms with Gasteiger partial charge in [0.2, 0.25) is 0 Å². The summed E-state index contributed by atoms with van der Waals surface area (Å²) in [6.07, 6.45) is 2.57. The minimum absolute atomic E-state index is 0.0929. The topological polar surface area (TPSA) is 75.1 Å². The Balaban J connectivity index is 2.29. The molecule has 98 valence electrons. The van der Waals surface area contributed by atoms with E-state index >= 15 is 0 Å². The average molecular weight is 298 g/mol. The van der Waals surface area contributed by atoms with Gasteiger partial charge in [0.25, 0.3) is 5.91 Å². The van der Waals surface area contributed by atoms with Crippen LogP contribution in [-0.2, 0) is 0 Å².